The van der Waals surface area contributed by atoms with Gasteiger partial charge >= 0.3 is 0 Å². The van der Waals surface area contributed by atoms with Crippen LogP contribution < -0.4 is 0 Å². The van der Waals surface area contributed by atoms with Gasteiger partial charge in [-0.1, -0.05) is 133 Å². The summed E-state index contributed by atoms with van der Waals surface area (Å²) < 4.78 is 2.39. The van der Waals surface area contributed by atoms with E-state index < -0.39 is 0 Å². The summed E-state index contributed by atoms with van der Waals surface area (Å²) in [5.41, 5.74) is 9.14. The maximum Gasteiger partial charge on any atom is 0.0788 e. The molecule has 0 N–H and O–H groups in total. The van der Waals surface area contributed by atoms with Crippen LogP contribution >= 0.6 is 0 Å². The molecule has 0 atom stereocenters. The van der Waals surface area contributed by atoms with Crippen LogP contribution in [0.3, 0.4) is 0 Å². The van der Waals surface area contributed by atoms with Crippen LogP contribution in [-0.2, 0) is 0 Å². The Morgan fingerprint density at radius 2 is 1.02 bits per heavy atom. The Hall–Kier alpha value is -6.25. The monoisotopic (exact) mass is 596 g/mol. The van der Waals surface area contributed by atoms with E-state index in [-0.39, 0.29) is 0 Å². The lowest BCUT2D eigenvalue weighted by molar-refractivity contribution is 1.18. The standard InChI is InChI=1S/C45H28N2/c1-2-13-32(14-3-1)47-41-21-11-9-19-37(41)44-42(47)27-26-38-43(44)36-18-8-10-20-40(36)46-45(38)30-24-22-29(23-25-30)39-28-31-12-4-5-15-33(31)34-16-6-7-17-35(34)39/h1-28H. The molecule has 0 spiro atoms. The molecule has 0 saturated heterocycles. The lowest BCUT2D eigenvalue weighted by atomic mass is 9.92. The fourth-order valence-corrected chi connectivity index (χ4v) is 7.68. The van der Waals surface area contributed by atoms with Crippen LogP contribution in [-0.4, -0.2) is 9.55 Å². The van der Waals surface area contributed by atoms with Crippen molar-refractivity contribution in [2.75, 3.05) is 0 Å². The van der Waals surface area contributed by atoms with Crippen molar-refractivity contribution in [3.63, 3.8) is 0 Å². The van der Waals surface area contributed by atoms with Crippen molar-refractivity contribution >= 4 is 65.0 Å². The third-order valence-electron chi connectivity index (χ3n) is 9.75. The van der Waals surface area contributed by atoms with Crippen molar-refractivity contribution in [3.05, 3.63) is 170 Å². The van der Waals surface area contributed by atoms with Gasteiger partial charge in [0.25, 0.3) is 0 Å². The molecule has 218 valence electrons. The number of fused-ring (bicyclic) bond motifs is 10. The van der Waals surface area contributed by atoms with Crippen LogP contribution in [0.1, 0.15) is 0 Å². The molecule has 0 amide bonds. The van der Waals surface area contributed by atoms with E-state index in [1.807, 2.05) is 0 Å². The van der Waals surface area contributed by atoms with Crippen molar-refractivity contribution in [2.45, 2.75) is 0 Å². The van der Waals surface area contributed by atoms with Crippen LogP contribution in [0.15, 0.2) is 170 Å². The first-order chi connectivity index (χ1) is 23.3. The summed E-state index contributed by atoms with van der Waals surface area (Å²) in [5.74, 6) is 0. The minimum atomic E-state index is 1.00. The van der Waals surface area contributed by atoms with Crippen molar-refractivity contribution in [1.29, 1.82) is 0 Å². The van der Waals surface area contributed by atoms with E-state index >= 15 is 0 Å². The summed E-state index contributed by atoms with van der Waals surface area (Å²) in [7, 11) is 0. The highest BCUT2D eigenvalue weighted by Gasteiger charge is 2.19. The zero-order valence-electron chi connectivity index (χ0n) is 25.6. The van der Waals surface area contributed by atoms with Gasteiger partial charge in [-0.3, -0.25) is 0 Å². The topological polar surface area (TPSA) is 17.8 Å². The van der Waals surface area contributed by atoms with E-state index in [2.05, 4.69) is 174 Å². The molecule has 2 aromatic heterocycles. The van der Waals surface area contributed by atoms with Crippen molar-refractivity contribution in [3.8, 4) is 28.1 Å². The molecule has 10 rings (SSSR count). The van der Waals surface area contributed by atoms with Gasteiger partial charge < -0.3 is 4.57 Å². The molecule has 2 nitrogen and oxygen atoms in total. The van der Waals surface area contributed by atoms with E-state index in [0.717, 1.165) is 27.8 Å². The largest absolute Gasteiger partial charge is 0.309 e. The van der Waals surface area contributed by atoms with E-state index in [0.29, 0.717) is 0 Å². The van der Waals surface area contributed by atoms with Crippen molar-refractivity contribution < 1.29 is 0 Å². The highest BCUT2D eigenvalue weighted by molar-refractivity contribution is 6.29. The summed E-state index contributed by atoms with van der Waals surface area (Å²) in [5, 5.41) is 11.2. The van der Waals surface area contributed by atoms with E-state index in [1.54, 1.807) is 0 Å². The van der Waals surface area contributed by atoms with Gasteiger partial charge in [0, 0.05) is 38.2 Å². The summed E-state index contributed by atoms with van der Waals surface area (Å²) in [6, 6.07) is 61.3. The maximum atomic E-state index is 5.31. The van der Waals surface area contributed by atoms with Gasteiger partial charge in [0.1, 0.15) is 0 Å². The van der Waals surface area contributed by atoms with E-state index in [1.165, 1.54) is 65.3 Å². The predicted octanol–water partition coefficient (Wildman–Crippen LogP) is 12.1. The lowest BCUT2D eigenvalue weighted by Gasteiger charge is -2.14. The molecule has 0 aliphatic rings. The second-order valence-electron chi connectivity index (χ2n) is 12.3. The summed E-state index contributed by atoms with van der Waals surface area (Å²) in [6.07, 6.45) is 0. The zero-order valence-corrected chi connectivity index (χ0v) is 25.6. The maximum absolute atomic E-state index is 5.31. The van der Waals surface area contributed by atoms with Gasteiger partial charge in [0.15, 0.2) is 0 Å². The lowest BCUT2D eigenvalue weighted by Crippen LogP contribution is -1.94. The molecule has 0 radical (unpaired) electrons. The van der Waals surface area contributed by atoms with E-state index in [9.17, 15) is 0 Å². The fourth-order valence-electron chi connectivity index (χ4n) is 7.68. The number of benzene rings is 8. The smallest absolute Gasteiger partial charge is 0.0788 e. The number of para-hydroxylation sites is 3. The summed E-state index contributed by atoms with van der Waals surface area (Å²) in [6.45, 7) is 0. The average Bonchev–Trinajstić information content (AvgIpc) is 3.49. The average molecular weight is 597 g/mol. The molecule has 0 fully saturated rings. The molecular weight excluding hydrogens is 569 g/mol. The van der Waals surface area contributed by atoms with Crippen LogP contribution in [0, 0.1) is 0 Å². The molecule has 0 saturated carbocycles. The third-order valence-corrected chi connectivity index (χ3v) is 9.75. The Morgan fingerprint density at radius 1 is 0.383 bits per heavy atom. The summed E-state index contributed by atoms with van der Waals surface area (Å²) >= 11 is 0. The number of hydrogen-bond acceptors (Lipinski definition) is 1. The highest BCUT2D eigenvalue weighted by Crippen LogP contribution is 2.43. The molecular formula is C45H28N2. The normalized spacial score (nSPS) is 11.8. The second kappa shape index (κ2) is 10.1. The first kappa shape index (κ1) is 26.0. The molecule has 0 aliphatic carbocycles. The molecule has 2 heteroatoms. The Kier molecular flexibility index (Phi) is 5.61. The Labute approximate surface area is 271 Å². The van der Waals surface area contributed by atoms with Gasteiger partial charge in [-0.2, -0.15) is 0 Å². The predicted molar refractivity (Wildman–Crippen MR) is 199 cm³/mol. The van der Waals surface area contributed by atoms with Gasteiger partial charge in [0.2, 0.25) is 0 Å². The first-order valence-electron chi connectivity index (χ1n) is 16.1. The first-order valence-corrected chi connectivity index (χ1v) is 16.1. The second-order valence-corrected chi connectivity index (χ2v) is 12.3. The Bertz CT molecular complexity index is 2830. The SMILES string of the molecule is c1ccc(-n2c3ccccc3c3c4c(ccc32)c(-c2ccc(-c3cc5ccccc5c5ccccc35)cc2)nc2ccccc24)cc1. The quantitative estimate of drug-likeness (QED) is 0.186. The molecule has 0 unspecified atom stereocenters. The Balaban J connectivity index is 1.23. The molecule has 47 heavy (non-hydrogen) atoms. The third kappa shape index (κ3) is 3.89. The molecule has 0 bridgehead atoms. The minimum Gasteiger partial charge on any atom is -0.309 e. The summed E-state index contributed by atoms with van der Waals surface area (Å²) in [4.78, 5) is 5.31. The zero-order chi connectivity index (χ0) is 30.9. The molecule has 0 aliphatic heterocycles. The van der Waals surface area contributed by atoms with Crippen LogP contribution in [0.25, 0.3) is 93.1 Å². The molecule has 10 aromatic rings. The van der Waals surface area contributed by atoms with Crippen LogP contribution in [0.2, 0.25) is 0 Å². The highest BCUT2D eigenvalue weighted by atomic mass is 15.0. The number of aromatic nitrogens is 2. The van der Waals surface area contributed by atoms with Gasteiger partial charge in [-0.15, -0.1) is 0 Å². The minimum absolute atomic E-state index is 1.00. The number of hydrogen-bond donors (Lipinski definition) is 0. The van der Waals surface area contributed by atoms with Crippen molar-refractivity contribution in [1.82, 2.24) is 9.55 Å². The molecule has 8 aromatic carbocycles. The molecule has 2 heterocycles. The van der Waals surface area contributed by atoms with Gasteiger partial charge in [-0.05, 0) is 69.1 Å². The van der Waals surface area contributed by atoms with Crippen molar-refractivity contribution in [2.24, 2.45) is 0 Å². The van der Waals surface area contributed by atoms with Crippen LogP contribution in [0.4, 0.5) is 0 Å². The Morgan fingerprint density at radius 3 is 1.85 bits per heavy atom. The van der Waals surface area contributed by atoms with E-state index in [4.69, 9.17) is 4.98 Å². The van der Waals surface area contributed by atoms with Gasteiger partial charge in [0.05, 0.1) is 22.2 Å². The van der Waals surface area contributed by atoms with Gasteiger partial charge in [-0.25, -0.2) is 4.98 Å². The number of rotatable bonds is 3. The van der Waals surface area contributed by atoms with Crippen LogP contribution in [0.5, 0.6) is 0 Å². The fraction of sp³-hybridized carbons (Fsp3) is 0. The number of pyridine rings is 1. The number of nitrogens with zero attached hydrogens (tertiary/aromatic N) is 2.